The standard InChI is InChI=1S/C23H18N4O4S/c1-2-21-26-18-13-16(11-12-19(18)31-21)25-23(28)14-7-9-15(10-8-14)24-22-17-5-3-4-6-20(17)32(29,30)27-22/h3-13H,2H2,1H3,(H,24,27)(H,25,28). The average Bonchev–Trinajstić information content (AvgIpc) is 3.32. The molecule has 0 fully saturated rings. The first-order valence-electron chi connectivity index (χ1n) is 9.95. The second-order valence-corrected chi connectivity index (χ2v) is 8.78. The van der Waals surface area contributed by atoms with Gasteiger partial charge in [-0.25, -0.2) is 4.98 Å². The molecule has 0 spiro atoms. The monoisotopic (exact) mass is 446 g/mol. The van der Waals surface area contributed by atoms with Crippen molar-refractivity contribution in [1.29, 1.82) is 0 Å². The first-order valence-corrected chi connectivity index (χ1v) is 11.4. The van der Waals surface area contributed by atoms with Crippen LogP contribution < -0.4 is 10.6 Å². The van der Waals surface area contributed by atoms with E-state index in [2.05, 4.69) is 20.0 Å². The van der Waals surface area contributed by atoms with E-state index in [4.69, 9.17) is 4.42 Å². The fourth-order valence-electron chi connectivity index (χ4n) is 3.44. The summed E-state index contributed by atoms with van der Waals surface area (Å²) in [6, 6.07) is 18.6. The summed E-state index contributed by atoms with van der Waals surface area (Å²) < 4.78 is 33.8. The number of benzene rings is 3. The molecule has 0 saturated carbocycles. The van der Waals surface area contributed by atoms with Gasteiger partial charge in [0.15, 0.2) is 17.3 Å². The number of aryl methyl sites for hydroxylation is 1. The zero-order chi connectivity index (χ0) is 22.3. The van der Waals surface area contributed by atoms with E-state index in [0.29, 0.717) is 45.9 Å². The van der Waals surface area contributed by atoms with Crippen molar-refractivity contribution < 1.29 is 17.6 Å². The minimum Gasteiger partial charge on any atom is -0.441 e. The Morgan fingerprint density at radius 1 is 1.00 bits per heavy atom. The van der Waals surface area contributed by atoms with Crippen LogP contribution in [-0.4, -0.2) is 25.1 Å². The van der Waals surface area contributed by atoms with Gasteiger partial charge in [0.25, 0.3) is 15.9 Å². The highest BCUT2D eigenvalue weighted by Crippen LogP contribution is 2.27. The first-order chi connectivity index (χ1) is 15.4. The number of sulfonamides is 1. The predicted octanol–water partition coefficient (Wildman–Crippen LogP) is 4.20. The number of hydrogen-bond donors (Lipinski definition) is 2. The summed E-state index contributed by atoms with van der Waals surface area (Å²) in [5.41, 5.74) is 3.56. The van der Waals surface area contributed by atoms with Gasteiger partial charge in [-0.15, -0.1) is 4.40 Å². The topological polar surface area (TPSA) is 114 Å². The normalized spacial score (nSPS) is 14.1. The number of amidine groups is 1. The third-order valence-corrected chi connectivity index (χ3v) is 6.37. The molecule has 1 aliphatic heterocycles. The van der Waals surface area contributed by atoms with E-state index >= 15 is 0 Å². The molecule has 1 aliphatic rings. The number of rotatable bonds is 4. The van der Waals surface area contributed by atoms with Gasteiger partial charge in [-0.1, -0.05) is 19.1 Å². The van der Waals surface area contributed by atoms with E-state index in [0.717, 1.165) is 0 Å². The molecule has 0 saturated heterocycles. The van der Waals surface area contributed by atoms with Crippen molar-refractivity contribution >= 4 is 44.2 Å². The molecule has 8 nitrogen and oxygen atoms in total. The molecule has 0 unspecified atom stereocenters. The second-order valence-electron chi connectivity index (χ2n) is 7.21. The SMILES string of the molecule is CCc1nc2cc(NC(=O)c3ccc(NC4=NS(=O)(=O)c5ccccc54)cc3)ccc2o1. The summed E-state index contributed by atoms with van der Waals surface area (Å²) in [5, 5.41) is 5.87. The number of nitrogens with one attached hydrogen (secondary N) is 2. The molecule has 3 aromatic carbocycles. The Labute approximate surface area is 184 Å². The van der Waals surface area contributed by atoms with Crippen molar-refractivity contribution in [3.05, 3.63) is 83.7 Å². The summed E-state index contributed by atoms with van der Waals surface area (Å²) >= 11 is 0. The first kappa shape index (κ1) is 20.0. The fourth-order valence-corrected chi connectivity index (χ4v) is 4.62. The molecular weight excluding hydrogens is 428 g/mol. The van der Waals surface area contributed by atoms with Crippen molar-refractivity contribution in [1.82, 2.24) is 4.98 Å². The maximum atomic E-state index is 12.6. The van der Waals surface area contributed by atoms with Crippen molar-refractivity contribution in [2.24, 2.45) is 4.40 Å². The number of hydrogen-bond acceptors (Lipinski definition) is 6. The Morgan fingerprint density at radius 2 is 1.75 bits per heavy atom. The largest absolute Gasteiger partial charge is 0.441 e. The lowest BCUT2D eigenvalue weighted by Gasteiger charge is -2.08. The van der Waals surface area contributed by atoms with E-state index < -0.39 is 10.0 Å². The van der Waals surface area contributed by atoms with Gasteiger partial charge in [-0.3, -0.25) is 4.79 Å². The highest BCUT2D eigenvalue weighted by Gasteiger charge is 2.28. The molecule has 9 heteroatoms. The van der Waals surface area contributed by atoms with Gasteiger partial charge in [0.2, 0.25) is 0 Å². The van der Waals surface area contributed by atoms with Gasteiger partial charge in [0.05, 0.1) is 0 Å². The van der Waals surface area contributed by atoms with Crippen LogP contribution in [0, 0.1) is 0 Å². The van der Waals surface area contributed by atoms with Crippen LogP contribution in [0.25, 0.3) is 11.1 Å². The number of amides is 1. The molecule has 32 heavy (non-hydrogen) atoms. The number of anilines is 2. The zero-order valence-corrected chi connectivity index (χ0v) is 17.8. The Morgan fingerprint density at radius 3 is 2.53 bits per heavy atom. The van der Waals surface area contributed by atoms with Crippen molar-refractivity contribution in [3.63, 3.8) is 0 Å². The van der Waals surface area contributed by atoms with Crippen LogP contribution in [0.15, 0.2) is 80.4 Å². The Bertz CT molecular complexity index is 1490. The van der Waals surface area contributed by atoms with Crippen LogP contribution in [0.1, 0.15) is 28.7 Å². The van der Waals surface area contributed by atoms with Crippen LogP contribution in [0.3, 0.4) is 0 Å². The van der Waals surface area contributed by atoms with Gasteiger partial charge in [0, 0.05) is 28.9 Å². The van der Waals surface area contributed by atoms with E-state index in [-0.39, 0.29) is 16.6 Å². The molecular formula is C23H18N4O4S. The third kappa shape index (κ3) is 3.63. The number of nitrogens with zero attached hydrogens (tertiary/aromatic N) is 2. The molecule has 1 aromatic heterocycles. The number of carbonyl (C=O) groups is 1. The summed E-state index contributed by atoms with van der Waals surface area (Å²) in [4.78, 5) is 17.2. The summed E-state index contributed by atoms with van der Waals surface area (Å²) in [7, 11) is -3.70. The van der Waals surface area contributed by atoms with E-state index in [1.165, 1.54) is 6.07 Å². The van der Waals surface area contributed by atoms with Crippen LogP contribution in [-0.2, 0) is 16.4 Å². The molecule has 4 aromatic rings. The molecule has 2 N–H and O–H groups in total. The quantitative estimate of drug-likeness (QED) is 0.486. The van der Waals surface area contributed by atoms with Crippen LogP contribution >= 0.6 is 0 Å². The molecule has 0 atom stereocenters. The molecule has 2 heterocycles. The number of carbonyl (C=O) groups excluding carboxylic acids is 1. The highest BCUT2D eigenvalue weighted by molar-refractivity contribution is 7.90. The lowest BCUT2D eigenvalue weighted by molar-refractivity contribution is 0.102. The number of oxazole rings is 1. The molecule has 1 amide bonds. The summed E-state index contributed by atoms with van der Waals surface area (Å²) in [6.45, 7) is 1.96. The minimum absolute atomic E-state index is 0.175. The van der Waals surface area contributed by atoms with E-state index in [1.54, 1.807) is 60.7 Å². The second kappa shape index (κ2) is 7.61. The lowest BCUT2D eigenvalue weighted by Crippen LogP contribution is -2.13. The minimum atomic E-state index is -3.70. The fraction of sp³-hybridized carbons (Fsp3) is 0.0870. The summed E-state index contributed by atoms with van der Waals surface area (Å²) in [5.74, 6) is 0.625. The van der Waals surface area contributed by atoms with Gasteiger partial charge in [-0.05, 0) is 54.6 Å². The van der Waals surface area contributed by atoms with Gasteiger partial charge in [0.1, 0.15) is 10.4 Å². The Balaban J connectivity index is 1.31. The van der Waals surface area contributed by atoms with Crippen LogP contribution in [0.2, 0.25) is 0 Å². The molecule has 0 aliphatic carbocycles. The number of fused-ring (bicyclic) bond motifs is 2. The summed E-state index contributed by atoms with van der Waals surface area (Å²) in [6.07, 6.45) is 0.695. The molecule has 0 bridgehead atoms. The maximum absolute atomic E-state index is 12.6. The van der Waals surface area contributed by atoms with Crippen molar-refractivity contribution in [2.45, 2.75) is 18.2 Å². The van der Waals surface area contributed by atoms with Crippen LogP contribution in [0.5, 0.6) is 0 Å². The predicted molar refractivity (Wildman–Crippen MR) is 122 cm³/mol. The smallest absolute Gasteiger partial charge is 0.285 e. The van der Waals surface area contributed by atoms with Gasteiger partial charge < -0.3 is 15.1 Å². The molecule has 5 rings (SSSR count). The van der Waals surface area contributed by atoms with Gasteiger partial charge >= 0.3 is 0 Å². The van der Waals surface area contributed by atoms with E-state index in [9.17, 15) is 13.2 Å². The third-order valence-electron chi connectivity index (χ3n) is 5.03. The van der Waals surface area contributed by atoms with Crippen molar-refractivity contribution in [3.8, 4) is 0 Å². The van der Waals surface area contributed by atoms with Gasteiger partial charge in [-0.2, -0.15) is 8.42 Å². The average molecular weight is 446 g/mol. The van der Waals surface area contributed by atoms with Crippen molar-refractivity contribution in [2.75, 3.05) is 10.6 Å². The highest BCUT2D eigenvalue weighted by atomic mass is 32.2. The molecule has 160 valence electrons. The number of aromatic nitrogens is 1. The van der Waals surface area contributed by atoms with E-state index in [1.807, 2.05) is 6.92 Å². The maximum Gasteiger partial charge on any atom is 0.285 e. The zero-order valence-electron chi connectivity index (χ0n) is 17.0. The Kier molecular flexibility index (Phi) is 4.75. The Hall–Kier alpha value is -3.98. The lowest BCUT2D eigenvalue weighted by atomic mass is 10.1. The molecule has 0 radical (unpaired) electrons. The van der Waals surface area contributed by atoms with Crippen LogP contribution in [0.4, 0.5) is 11.4 Å².